The van der Waals surface area contributed by atoms with Crippen LogP contribution in [-0.2, 0) is 0 Å². The van der Waals surface area contributed by atoms with Gasteiger partial charge in [0.1, 0.15) is 10.4 Å². The number of aromatic nitrogens is 3. The average molecular weight is 335 g/mol. The molecule has 8 nitrogen and oxygen atoms in total. The first-order valence-corrected chi connectivity index (χ1v) is 8.04. The molecule has 2 aliphatic rings. The van der Waals surface area contributed by atoms with Gasteiger partial charge < -0.3 is 5.11 Å². The monoisotopic (exact) mass is 335 g/mol. The molecular weight excluding hydrogens is 326 g/mol. The maximum atomic E-state index is 11.0. The van der Waals surface area contributed by atoms with Crippen molar-refractivity contribution in [2.45, 2.75) is 17.5 Å². The van der Waals surface area contributed by atoms with Crippen molar-refractivity contribution >= 4 is 29.2 Å². The van der Waals surface area contributed by atoms with Crippen LogP contribution in [0.5, 0.6) is 5.75 Å². The van der Waals surface area contributed by atoms with Gasteiger partial charge in [-0.25, -0.2) is 4.68 Å². The van der Waals surface area contributed by atoms with E-state index in [9.17, 15) is 15.2 Å². The van der Waals surface area contributed by atoms with Crippen LogP contribution in [0.15, 0.2) is 33.8 Å². The molecule has 1 aromatic heterocycles. The van der Waals surface area contributed by atoms with Crippen LogP contribution in [-0.4, -0.2) is 24.9 Å². The van der Waals surface area contributed by atoms with Gasteiger partial charge in [-0.05, 0) is 30.3 Å². The van der Waals surface area contributed by atoms with Crippen LogP contribution in [0, 0.1) is 17.0 Å². The SMILES string of the molecule is Cc1nnc2n1N1C(=CS[C@@H]1c1ccc(O)c([N+](=O)[O-])c1)S2. The summed E-state index contributed by atoms with van der Waals surface area (Å²) in [4.78, 5) is 10.4. The highest BCUT2D eigenvalue weighted by atomic mass is 32.2. The molecule has 4 rings (SSSR count). The van der Waals surface area contributed by atoms with Crippen LogP contribution in [0.1, 0.15) is 16.8 Å². The lowest BCUT2D eigenvalue weighted by Gasteiger charge is -2.25. The molecule has 112 valence electrons. The summed E-state index contributed by atoms with van der Waals surface area (Å²) in [5.41, 5.74) is 0.446. The van der Waals surface area contributed by atoms with E-state index in [0.717, 1.165) is 21.6 Å². The molecule has 0 amide bonds. The molecule has 22 heavy (non-hydrogen) atoms. The normalized spacial score (nSPS) is 19.0. The first-order valence-electron chi connectivity index (χ1n) is 6.28. The van der Waals surface area contributed by atoms with E-state index < -0.39 is 4.92 Å². The van der Waals surface area contributed by atoms with Crippen molar-refractivity contribution in [1.29, 1.82) is 0 Å². The molecule has 2 aliphatic heterocycles. The number of aryl methyl sites for hydroxylation is 1. The van der Waals surface area contributed by atoms with Gasteiger partial charge in [0.15, 0.2) is 11.6 Å². The van der Waals surface area contributed by atoms with E-state index in [-0.39, 0.29) is 16.8 Å². The quantitative estimate of drug-likeness (QED) is 0.660. The van der Waals surface area contributed by atoms with Gasteiger partial charge in [0.25, 0.3) is 0 Å². The molecule has 0 unspecified atom stereocenters. The lowest BCUT2D eigenvalue weighted by molar-refractivity contribution is -0.385. The molecule has 0 spiro atoms. The minimum absolute atomic E-state index is 0.155. The zero-order valence-corrected chi connectivity index (χ0v) is 12.8. The molecule has 0 saturated heterocycles. The molecule has 0 saturated carbocycles. The minimum Gasteiger partial charge on any atom is -0.502 e. The van der Waals surface area contributed by atoms with E-state index in [1.807, 2.05) is 22.0 Å². The first-order chi connectivity index (χ1) is 10.6. The topological polar surface area (TPSA) is 97.3 Å². The number of aromatic hydroxyl groups is 1. The minimum atomic E-state index is -0.582. The molecule has 0 aliphatic carbocycles. The smallest absolute Gasteiger partial charge is 0.311 e. The van der Waals surface area contributed by atoms with Crippen LogP contribution in [0.4, 0.5) is 5.69 Å². The summed E-state index contributed by atoms with van der Waals surface area (Å²) in [6.07, 6.45) is 0. The lowest BCUT2D eigenvalue weighted by Crippen LogP contribution is -2.30. The van der Waals surface area contributed by atoms with Crippen molar-refractivity contribution in [3.05, 3.63) is 50.1 Å². The van der Waals surface area contributed by atoms with E-state index >= 15 is 0 Å². The highest BCUT2D eigenvalue weighted by molar-refractivity contribution is 8.07. The number of nitrogens with zero attached hydrogens (tertiary/aromatic N) is 5. The highest BCUT2D eigenvalue weighted by Gasteiger charge is 2.39. The molecule has 1 aromatic carbocycles. The number of fused-ring (bicyclic) bond motifs is 3. The molecule has 1 N–H and O–H groups in total. The first kappa shape index (κ1) is 13.5. The van der Waals surface area contributed by atoms with Gasteiger partial charge in [-0.1, -0.05) is 17.8 Å². The number of nitro groups is 1. The van der Waals surface area contributed by atoms with Gasteiger partial charge in [-0.15, -0.1) is 10.2 Å². The standard InChI is InChI=1S/C12H9N5O3S2/c1-6-13-14-12-15(6)16-10(22-12)5-21-11(16)7-2-3-9(18)8(4-7)17(19)20/h2-5,11,18H,1H3/t11-/m1/s1. The molecule has 3 heterocycles. The number of nitro benzene ring substituents is 1. The van der Waals surface area contributed by atoms with Crippen molar-refractivity contribution in [3.8, 4) is 5.75 Å². The van der Waals surface area contributed by atoms with Crippen molar-refractivity contribution in [2.24, 2.45) is 0 Å². The Balaban J connectivity index is 1.78. The van der Waals surface area contributed by atoms with E-state index in [0.29, 0.717) is 0 Å². The van der Waals surface area contributed by atoms with E-state index in [1.54, 1.807) is 17.8 Å². The summed E-state index contributed by atoms with van der Waals surface area (Å²) in [7, 11) is 0. The summed E-state index contributed by atoms with van der Waals surface area (Å²) >= 11 is 3.06. The van der Waals surface area contributed by atoms with Gasteiger partial charge in [-0.2, -0.15) is 0 Å². The Morgan fingerprint density at radius 3 is 3.00 bits per heavy atom. The van der Waals surface area contributed by atoms with Crippen LogP contribution in [0.25, 0.3) is 0 Å². The number of phenolic OH excluding ortho intramolecular Hbond substituents is 1. The molecule has 2 aromatic rings. The van der Waals surface area contributed by atoms with E-state index in [4.69, 9.17) is 0 Å². The van der Waals surface area contributed by atoms with Gasteiger partial charge >= 0.3 is 5.69 Å². The Bertz CT molecular complexity index is 834. The predicted molar refractivity (Wildman–Crippen MR) is 82.0 cm³/mol. The number of thioether (sulfide) groups is 2. The van der Waals surface area contributed by atoms with Gasteiger partial charge in [0.2, 0.25) is 5.16 Å². The number of hydrogen-bond acceptors (Lipinski definition) is 8. The number of hydrogen-bond donors (Lipinski definition) is 1. The summed E-state index contributed by atoms with van der Waals surface area (Å²) in [6.45, 7) is 1.86. The maximum absolute atomic E-state index is 11.0. The zero-order chi connectivity index (χ0) is 15.4. The van der Waals surface area contributed by atoms with Crippen LogP contribution < -0.4 is 5.01 Å². The number of benzene rings is 1. The van der Waals surface area contributed by atoms with Crippen LogP contribution >= 0.6 is 23.5 Å². The van der Waals surface area contributed by atoms with E-state index in [1.165, 1.54) is 23.9 Å². The van der Waals surface area contributed by atoms with Gasteiger partial charge in [-0.3, -0.25) is 15.1 Å². The summed E-state index contributed by atoms with van der Waals surface area (Å²) in [6, 6.07) is 4.46. The van der Waals surface area contributed by atoms with E-state index in [2.05, 4.69) is 10.2 Å². The predicted octanol–water partition coefficient (Wildman–Crippen LogP) is 2.49. The second-order valence-electron chi connectivity index (χ2n) is 4.74. The summed E-state index contributed by atoms with van der Waals surface area (Å²) < 4.78 is 1.90. The second kappa shape index (κ2) is 4.65. The number of rotatable bonds is 2. The Morgan fingerprint density at radius 1 is 1.41 bits per heavy atom. The fourth-order valence-electron chi connectivity index (χ4n) is 2.43. The Morgan fingerprint density at radius 2 is 2.23 bits per heavy atom. The average Bonchev–Trinajstić information content (AvgIpc) is 3.12. The largest absolute Gasteiger partial charge is 0.502 e. The van der Waals surface area contributed by atoms with Crippen LogP contribution in [0.3, 0.4) is 0 Å². The fourth-order valence-corrected chi connectivity index (χ4v) is 4.69. The third kappa shape index (κ3) is 1.80. The Kier molecular flexibility index (Phi) is 2.84. The molecule has 0 fully saturated rings. The molecule has 1 atom stereocenters. The van der Waals surface area contributed by atoms with Crippen molar-refractivity contribution < 1.29 is 10.0 Å². The lowest BCUT2D eigenvalue weighted by atomic mass is 10.2. The second-order valence-corrected chi connectivity index (χ2v) is 6.68. The third-order valence-electron chi connectivity index (χ3n) is 3.41. The van der Waals surface area contributed by atoms with Gasteiger partial charge in [0.05, 0.1) is 4.92 Å². The highest BCUT2D eigenvalue weighted by Crippen LogP contribution is 2.51. The Hall–Kier alpha value is -2.20. The van der Waals surface area contributed by atoms with Crippen molar-refractivity contribution in [3.63, 3.8) is 0 Å². The summed E-state index contributed by atoms with van der Waals surface area (Å²) in [5.74, 6) is 0.425. The summed E-state index contributed by atoms with van der Waals surface area (Å²) in [5, 5.41) is 34.4. The van der Waals surface area contributed by atoms with Crippen molar-refractivity contribution in [2.75, 3.05) is 5.01 Å². The maximum Gasteiger partial charge on any atom is 0.311 e. The Labute approximate surface area is 132 Å². The fraction of sp³-hybridized carbons (Fsp3) is 0.167. The number of phenols is 1. The van der Waals surface area contributed by atoms with Crippen molar-refractivity contribution in [1.82, 2.24) is 14.9 Å². The van der Waals surface area contributed by atoms with Crippen LogP contribution in [0.2, 0.25) is 0 Å². The molecule has 0 radical (unpaired) electrons. The molecule has 10 heteroatoms. The molecular formula is C12H9N5O3S2. The van der Waals surface area contributed by atoms with Gasteiger partial charge in [0, 0.05) is 11.5 Å². The zero-order valence-electron chi connectivity index (χ0n) is 11.2. The molecule has 0 bridgehead atoms. The third-order valence-corrected chi connectivity index (χ3v) is 5.60.